The highest BCUT2D eigenvalue weighted by molar-refractivity contribution is 5.86. The molecule has 0 saturated carbocycles. The van der Waals surface area contributed by atoms with Crippen LogP contribution >= 0.6 is 0 Å². The second-order valence-electron chi connectivity index (χ2n) is 4.71. The van der Waals surface area contributed by atoms with Crippen LogP contribution in [-0.4, -0.2) is 30.7 Å². The molecular weight excluding hydrogens is 228 g/mol. The Balaban J connectivity index is 1.96. The minimum atomic E-state index is 0.00997. The third-order valence-electron chi connectivity index (χ3n) is 3.37. The summed E-state index contributed by atoms with van der Waals surface area (Å²) in [5, 5.41) is 8.66. The number of nitrogens with zero attached hydrogens (tertiary/aromatic N) is 1. The molecule has 0 saturated heterocycles. The average molecular weight is 248 g/mol. The molecule has 0 aliphatic carbocycles. The molecule has 2 N–H and O–H groups in total. The van der Waals surface area contributed by atoms with E-state index in [1.807, 2.05) is 0 Å². The lowest BCUT2D eigenvalue weighted by atomic mass is 9.88. The molecule has 2 atom stereocenters. The predicted molar refractivity (Wildman–Crippen MR) is 71.6 cm³/mol. The molecule has 1 aliphatic rings. The number of hydrogen-bond donors (Lipinski definition) is 2. The van der Waals surface area contributed by atoms with Crippen molar-refractivity contribution in [3.05, 3.63) is 35.4 Å². The number of hydrogen-bond acceptors (Lipinski definition) is 4. The van der Waals surface area contributed by atoms with E-state index in [1.54, 1.807) is 0 Å². The average Bonchev–Trinajstić information content (AvgIpc) is 2.73. The van der Waals surface area contributed by atoms with Gasteiger partial charge in [0.25, 0.3) is 0 Å². The first-order valence-corrected chi connectivity index (χ1v) is 6.32. The van der Waals surface area contributed by atoms with Gasteiger partial charge < -0.3 is 5.11 Å². The summed E-state index contributed by atoms with van der Waals surface area (Å²) in [4.78, 5) is 9.58. The Morgan fingerprint density at radius 1 is 1.39 bits per heavy atom. The molecule has 1 aromatic carbocycles. The number of benzene rings is 1. The Labute approximate surface area is 108 Å². The van der Waals surface area contributed by atoms with Gasteiger partial charge in [-0.25, -0.2) is 0 Å². The van der Waals surface area contributed by atoms with E-state index in [2.05, 4.69) is 48.6 Å². The third-order valence-corrected chi connectivity index (χ3v) is 3.37. The van der Waals surface area contributed by atoms with Gasteiger partial charge in [0.05, 0.1) is 13.2 Å². The van der Waals surface area contributed by atoms with Crippen LogP contribution in [0.3, 0.4) is 0 Å². The van der Waals surface area contributed by atoms with Gasteiger partial charge in [-0.2, -0.15) is 0 Å². The van der Waals surface area contributed by atoms with Crippen LogP contribution in [0.5, 0.6) is 0 Å². The first kappa shape index (κ1) is 13.1. The highest BCUT2D eigenvalue weighted by Crippen LogP contribution is 2.30. The lowest BCUT2D eigenvalue weighted by Gasteiger charge is -2.17. The summed E-state index contributed by atoms with van der Waals surface area (Å²) >= 11 is 0. The molecule has 0 unspecified atom stereocenters. The van der Waals surface area contributed by atoms with E-state index in [0.29, 0.717) is 11.8 Å². The molecule has 1 heterocycles. The molecule has 1 aliphatic heterocycles. The zero-order chi connectivity index (χ0) is 13.0. The topological polar surface area (TPSA) is 53.9 Å². The number of hydroxylamine groups is 1. The molecule has 18 heavy (non-hydrogen) atoms. The second kappa shape index (κ2) is 5.98. The fourth-order valence-corrected chi connectivity index (χ4v) is 2.19. The maximum Gasteiger partial charge on any atom is 0.124 e. The van der Waals surface area contributed by atoms with Crippen molar-refractivity contribution in [2.45, 2.75) is 19.8 Å². The molecule has 98 valence electrons. The van der Waals surface area contributed by atoms with Crippen LogP contribution in [0.2, 0.25) is 0 Å². The smallest absolute Gasteiger partial charge is 0.124 e. The summed E-state index contributed by atoms with van der Waals surface area (Å²) in [7, 11) is 0. The van der Waals surface area contributed by atoms with Crippen LogP contribution in [-0.2, 0) is 4.84 Å². The van der Waals surface area contributed by atoms with Gasteiger partial charge in [0.1, 0.15) is 5.84 Å². The van der Waals surface area contributed by atoms with E-state index in [-0.39, 0.29) is 13.2 Å². The van der Waals surface area contributed by atoms with E-state index in [9.17, 15) is 0 Å². The molecule has 0 spiro atoms. The molecule has 0 bridgehead atoms. The molecule has 0 aromatic heterocycles. The minimum Gasteiger partial charge on any atom is -0.394 e. The monoisotopic (exact) mass is 248 g/mol. The van der Waals surface area contributed by atoms with Crippen LogP contribution < -0.4 is 5.48 Å². The van der Waals surface area contributed by atoms with E-state index in [1.165, 1.54) is 11.1 Å². The molecule has 0 fully saturated rings. The summed E-state index contributed by atoms with van der Waals surface area (Å²) in [6.45, 7) is 5.31. The number of amidine groups is 1. The van der Waals surface area contributed by atoms with Crippen LogP contribution in [0.1, 0.15) is 24.0 Å². The highest BCUT2D eigenvalue weighted by Gasteiger charge is 2.29. The zero-order valence-electron chi connectivity index (χ0n) is 10.9. The predicted octanol–water partition coefficient (Wildman–Crippen LogP) is 1.64. The van der Waals surface area contributed by atoms with Crippen molar-refractivity contribution < 1.29 is 9.94 Å². The summed E-state index contributed by atoms with van der Waals surface area (Å²) in [5.74, 6) is 1.59. The lowest BCUT2D eigenvalue weighted by Crippen LogP contribution is -2.30. The lowest BCUT2D eigenvalue weighted by molar-refractivity contribution is 0.0512. The molecule has 4 nitrogen and oxygen atoms in total. The van der Waals surface area contributed by atoms with Crippen molar-refractivity contribution >= 4 is 5.84 Å². The van der Waals surface area contributed by atoms with Gasteiger partial charge in [-0.1, -0.05) is 36.8 Å². The first-order chi connectivity index (χ1) is 8.72. The third kappa shape index (κ3) is 2.89. The Hall–Kier alpha value is -1.39. The van der Waals surface area contributed by atoms with Gasteiger partial charge in [0.2, 0.25) is 0 Å². The van der Waals surface area contributed by atoms with Gasteiger partial charge in [-0.05, 0) is 12.5 Å². The minimum absolute atomic E-state index is 0.00997. The maximum absolute atomic E-state index is 8.66. The Morgan fingerprint density at radius 2 is 2.11 bits per heavy atom. The molecule has 4 heteroatoms. The summed E-state index contributed by atoms with van der Waals surface area (Å²) in [6.07, 6.45) is 0. The molecule has 0 radical (unpaired) electrons. The summed E-state index contributed by atoms with van der Waals surface area (Å²) < 4.78 is 0. The van der Waals surface area contributed by atoms with Gasteiger partial charge in [-0.3, -0.25) is 15.3 Å². The number of aliphatic hydroxyl groups is 1. The van der Waals surface area contributed by atoms with Crippen molar-refractivity contribution in [1.29, 1.82) is 0 Å². The fraction of sp³-hybridized carbons (Fsp3) is 0.500. The maximum atomic E-state index is 8.66. The normalized spacial score (nSPS) is 22.9. The Morgan fingerprint density at radius 3 is 2.78 bits per heavy atom. The quantitative estimate of drug-likeness (QED) is 0.629. The molecule has 2 rings (SSSR count). The Kier molecular flexibility index (Phi) is 4.33. The van der Waals surface area contributed by atoms with Crippen molar-refractivity contribution in [1.82, 2.24) is 5.48 Å². The van der Waals surface area contributed by atoms with Crippen molar-refractivity contribution in [3.8, 4) is 0 Å². The van der Waals surface area contributed by atoms with Crippen LogP contribution in [0.4, 0.5) is 0 Å². The summed E-state index contributed by atoms with van der Waals surface area (Å²) in [5.41, 5.74) is 5.42. The SMILES string of the molecule is Cc1ccc([C@@H]2CN=C(NOCCO)[C@H]2C)cc1. The number of aliphatic hydroxyl groups excluding tert-OH is 1. The van der Waals surface area contributed by atoms with E-state index < -0.39 is 0 Å². The second-order valence-corrected chi connectivity index (χ2v) is 4.71. The highest BCUT2D eigenvalue weighted by atomic mass is 16.6. The number of nitrogens with one attached hydrogen (secondary N) is 1. The first-order valence-electron chi connectivity index (χ1n) is 6.32. The largest absolute Gasteiger partial charge is 0.394 e. The Bertz CT molecular complexity index is 414. The number of aliphatic imine (C=N–C) groups is 1. The van der Waals surface area contributed by atoms with Gasteiger partial charge in [-0.15, -0.1) is 0 Å². The van der Waals surface area contributed by atoms with Gasteiger partial charge >= 0.3 is 0 Å². The van der Waals surface area contributed by atoms with Crippen molar-refractivity contribution in [2.75, 3.05) is 19.8 Å². The standard InChI is InChI=1S/C14H20N2O2/c1-10-3-5-12(6-4-10)13-9-15-14(11(13)2)16-18-8-7-17/h3-6,11,13,17H,7-9H2,1-2H3,(H,15,16)/t11-,13+/m0/s1. The van der Waals surface area contributed by atoms with Crippen LogP contribution in [0.25, 0.3) is 0 Å². The van der Waals surface area contributed by atoms with Gasteiger partial charge in [0, 0.05) is 18.4 Å². The van der Waals surface area contributed by atoms with Crippen LogP contribution in [0, 0.1) is 12.8 Å². The van der Waals surface area contributed by atoms with Crippen LogP contribution in [0.15, 0.2) is 29.3 Å². The molecule has 1 aromatic rings. The van der Waals surface area contributed by atoms with Crippen molar-refractivity contribution in [2.24, 2.45) is 10.9 Å². The van der Waals surface area contributed by atoms with Crippen molar-refractivity contribution in [3.63, 3.8) is 0 Å². The van der Waals surface area contributed by atoms with E-state index in [4.69, 9.17) is 9.94 Å². The number of rotatable bonds is 4. The summed E-state index contributed by atoms with van der Waals surface area (Å²) in [6, 6.07) is 8.61. The van der Waals surface area contributed by atoms with E-state index in [0.717, 1.165) is 12.4 Å². The number of aryl methyl sites for hydroxylation is 1. The fourth-order valence-electron chi connectivity index (χ4n) is 2.19. The van der Waals surface area contributed by atoms with E-state index >= 15 is 0 Å². The zero-order valence-corrected chi connectivity index (χ0v) is 10.9. The molecule has 0 amide bonds. The van der Waals surface area contributed by atoms with Gasteiger partial charge in [0.15, 0.2) is 0 Å². The molecular formula is C14H20N2O2.